The molecule has 0 saturated heterocycles. The van der Waals surface area contributed by atoms with Crippen LogP contribution in [0.4, 0.5) is 10.8 Å². The van der Waals surface area contributed by atoms with Gasteiger partial charge in [0.2, 0.25) is 5.91 Å². The Labute approximate surface area is 187 Å². The molecule has 0 saturated carbocycles. The third-order valence-corrected chi connectivity index (χ3v) is 7.07. The topological polar surface area (TPSA) is 74.3 Å². The molecule has 8 heteroatoms. The van der Waals surface area contributed by atoms with Crippen LogP contribution in [0.25, 0.3) is 10.8 Å². The maximum Gasteiger partial charge on any atom is 0.267 e. The van der Waals surface area contributed by atoms with Gasteiger partial charge in [0, 0.05) is 35.5 Å². The molecule has 6 nitrogen and oxygen atoms in total. The predicted molar refractivity (Wildman–Crippen MR) is 126 cm³/mol. The zero-order valence-corrected chi connectivity index (χ0v) is 18.3. The summed E-state index contributed by atoms with van der Waals surface area (Å²) in [6.07, 6.45) is 0.766. The molecule has 3 heterocycles. The monoisotopic (exact) mass is 448 g/mol. The van der Waals surface area contributed by atoms with Gasteiger partial charge in [-0.3, -0.25) is 19.8 Å². The summed E-state index contributed by atoms with van der Waals surface area (Å²) in [5, 5.41) is 10.6. The Hall–Kier alpha value is -3.07. The van der Waals surface area contributed by atoms with E-state index < -0.39 is 0 Å². The van der Waals surface area contributed by atoms with Crippen LogP contribution in [0.2, 0.25) is 0 Å². The van der Waals surface area contributed by atoms with Crippen LogP contribution >= 0.6 is 22.7 Å². The number of nitrogens with one attached hydrogen (secondary N) is 2. The van der Waals surface area contributed by atoms with Gasteiger partial charge in [0.05, 0.1) is 17.1 Å². The number of fused-ring (bicyclic) bond motifs is 2. The summed E-state index contributed by atoms with van der Waals surface area (Å²) < 4.78 is 0. The van der Waals surface area contributed by atoms with E-state index in [1.165, 1.54) is 22.7 Å². The fourth-order valence-electron chi connectivity index (χ4n) is 3.73. The highest BCUT2D eigenvalue weighted by molar-refractivity contribution is 7.16. The molecule has 0 radical (unpaired) electrons. The maximum absolute atomic E-state index is 12.7. The van der Waals surface area contributed by atoms with Crippen LogP contribution < -0.4 is 10.6 Å². The van der Waals surface area contributed by atoms with E-state index in [0.717, 1.165) is 40.0 Å². The molecule has 0 aliphatic carbocycles. The van der Waals surface area contributed by atoms with Gasteiger partial charge in [-0.05, 0) is 22.9 Å². The van der Waals surface area contributed by atoms with Crippen LogP contribution in [0, 0.1) is 0 Å². The average molecular weight is 449 g/mol. The van der Waals surface area contributed by atoms with Crippen molar-refractivity contribution in [2.75, 3.05) is 23.7 Å². The lowest BCUT2D eigenvalue weighted by atomic mass is 10.1. The molecule has 0 unspecified atom stereocenters. The number of amides is 2. The van der Waals surface area contributed by atoms with Crippen molar-refractivity contribution in [3.8, 4) is 0 Å². The van der Waals surface area contributed by atoms with E-state index >= 15 is 0 Å². The Morgan fingerprint density at radius 2 is 1.90 bits per heavy atom. The van der Waals surface area contributed by atoms with Crippen molar-refractivity contribution < 1.29 is 9.59 Å². The first kappa shape index (κ1) is 19.9. The summed E-state index contributed by atoms with van der Waals surface area (Å²) in [6, 6.07) is 17.6. The largest absolute Gasteiger partial charge is 0.324 e. The lowest BCUT2D eigenvalue weighted by Crippen LogP contribution is -2.36. The van der Waals surface area contributed by atoms with Gasteiger partial charge < -0.3 is 5.32 Å². The highest BCUT2D eigenvalue weighted by Crippen LogP contribution is 2.29. The summed E-state index contributed by atoms with van der Waals surface area (Å²) in [5.41, 5.74) is 1.84. The fraction of sp³-hybridized carbons (Fsp3) is 0.174. The third-order valence-electron chi connectivity index (χ3n) is 5.21. The second-order valence-corrected chi connectivity index (χ2v) is 9.39. The molecule has 4 aromatic rings. The quantitative estimate of drug-likeness (QED) is 0.468. The molecule has 2 amide bonds. The molecule has 156 valence electrons. The maximum atomic E-state index is 12.7. The molecule has 2 aromatic heterocycles. The number of benzene rings is 2. The highest BCUT2D eigenvalue weighted by Gasteiger charge is 2.23. The van der Waals surface area contributed by atoms with Crippen molar-refractivity contribution in [1.29, 1.82) is 0 Å². The van der Waals surface area contributed by atoms with Gasteiger partial charge in [0.25, 0.3) is 5.91 Å². The Morgan fingerprint density at radius 1 is 1.03 bits per heavy atom. The van der Waals surface area contributed by atoms with Crippen LogP contribution in [0.5, 0.6) is 0 Å². The number of thiophene rings is 1. The first-order valence-electron chi connectivity index (χ1n) is 9.99. The van der Waals surface area contributed by atoms with E-state index in [1.54, 1.807) is 6.07 Å². The van der Waals surface area contributed by atoms with Crippen LogP contribution in [-0.4, -0.2) is 34.8 Å². The Balaban J connectivity index is 1.22. The minimum atomic E-state index is -0.132. The van der Waals surface area contributed by atoms with Crippen LogP contribution in [0.3, 0.4) is 0 Å². The van der Waals surface area contributed by atoms with Gasteiger partial charge in [0.1, 0.15) is 0 Å². The van der Waals surface area contributed by atoms with Crippen molar-refractivity contribution in [3.05, 3.63) is 75.4 Å². The first-order valence-corrected chi connectivity index (χ1v) is 11.7. The summed E-state index contributed by atoms with van der Waals surface area (Å²) in [7, 11) is 0. The fourth-order valence-corrected chi connectivity index (χ4v) is 5.40. The number of nitrogens with zero attached hydrogens (tertiary/aromatic N) is 2. The van der Waals surface area contributed by atoms with E-state index in [-0.39, 0.29) is 11.8 Å². The molecule has 1 aliphatic rings. The first-order chi connectivity index (χ1) is 15.2. The molecule has 0 spiro atoms. The van der Waals surface area contributed by atoms with E-state index in [1.807, 2.05) is 53.9 Å². The number of rotatable bonds is 5. The van der Waals surface area contributed by atoms with Gasteiger partial charge in [-0.2, -0.15) is 0 Å². The third kappa shape index (κ3) is 4.36. The van der Waals surface area contributed by atoms with E-state index in [9.17, 15) is 9.59 Å². The molecule has 2 aromatic carbocycles. The molecule has 5 rings (SSSR count). The van der Waals surface area contributed by atoms with Crippen LogP contribution in [-0.2, 0) is 17.8 Å². The summed E-state index contributed by atoms with van der Waals surface area (Å²) >= 11 is 2.89. The molecule has 0 fully saturated rings. The lowest BCUT2D eigenvalue weighted by Gasteiger charge is -2.25. The van der Waals surface area contributed by atoms with Gasteiger partial charge in [-0.1, -0.05) is 42.5 Å². The molecule has 1 aliphatic heterocycles. The molecular formula is C23H20N4O2S2. The zero-order chi connectivity index (χ0) is 21.2. The van der Waals surface area contributed by atoms with Gasteiger partial charge >= 0.3 is 0 Å². The molecular weight excluding hydrogens is 428 g/mol. The molecule has 2 N–H and O–H groups in total. The SMILES string of the molecule is O=C(CN1CCc2nc(NC(=O)c3cccs3)sc2C1)Nc1cccc2ccccc12. The summed E-state index contributed by atoms with van der Waals surface area (Å²) in [5.74, 6) is -0.164. The molecule has 31 heavy (non-hydrogen) atoms. The number of aromatic nitrogens is 1. The number of carbonyl (C=O) groups excluding carboxylic acids is 2. The van der Waals surface area contributed by atoms with Crippen molar-refractivity contribution in [1.82, 2.24) is 9.88 Å². The van der Waals surface area contributed by atoms with Crippen molar-refractivity contribution in [2.24, 2.45) is 0 Å². The minimum Gasteiger partial charge on any atom is -0.324 e. The number of hydrogen-bond donors (Lipinski definition) is 2. The number of carbonyl (C=O) groups is 2. The second kappa shape index (κ2) is 8.58. The zero-order valence-electron chi connectivity index (χ0n) is 16.6. The second-order valence-electron chi connectivity index (χ2n) is 7.36. The van der Waals surface area contributed by atoms with E-state index in [0.29, 0.717) is 23.1 Å². The Morgan fingerprint density at radius 3 is 2.77 bits per heavy atom. The lowest BCUT2D eigenvalue weighted by molar-refractivity contribution is -0.117. The highest BCUT2D eigenvalue weighted by atomic mass is 32.1. The van der Waals surface area contributed by atoms with Crippen molar-refractivity contribution in [2.45, 2.75) is 13.0 Å². The van der Waals surface area contributed by atoms with Crippen molar-refractivity contribution >= 4 is 56.1 Å². The number of hydrogen-bond acceptors (Lipinski definition) is 6. The molecule has 0 atom stereocenters. The number of thiazole rings is 1. The van der Waals surface area contributed by atoms with Crippen molar-refractivity contribution in [3.63, 3.8) is 0 Å². The predicted octanol–water partition coefficient (Wildman–Crippen LogP) is 4.61. The molecule has 0 bridgehead atoms. The number of anilines is 2. The normalized spacial score (nSPS) is 13.7. The average Bonchev–Trinajstić information content (AvgIpc) is 3.43. The summed E-state index contributed by atoms with van der Waals surface area (Å²) in [6.45, 7) is 1.74. The van der Waals surface area contributed by atoms with Crippen LogP contribution in [0.15, 0.2) is 60.0 Å². The standard InChI is InChI=1S/C23H20N4O2S2/c28-21(24-17-8-3-6-15-5-1-2-7-16(15)17)14-27-11-10-18-20(13-27)31-23(25-18)26-22(29)19-9-4-12-30-19/h1-9,12H,10-11,13-14H2,(H,24,28)(H,25,26,29). The smallest absolute Gasteiger partial charge is 0.267 e. The minimum absolute atomic E-state index is 0.0319. The van der Waals surface area contributed by atoms with Gasteiger partial charge in [0.15, 0.2) is 5.13 Å². The Kier molecular flexibility index (Phi) is 5.50. The summed E-state index contributed by atoms with van der Waals surface area (Å²) in [4.78, 5) is 33.4. The Bertz CT molecular complexity index is 1240. The van der Waals surface area contributed by atoms with E-state index in [4.69, 9.17) is 0 Å². The van der Waals surface area contributed by atoms with Gasteiger partial charge in [-0.25, -0.2) is 4.98 Å². The van der Waals surface area contributed by atoms with Gasteiger partial charge in [-0.15, -0.1) is 22.7 Å². The van der Waals surface area contributed by atoms with E-state index in [2.05, 4.69) is 20.5 Å². The van der Waals surface area contributed by atoms with Crippen LogP contribution in [0.1, 0.15) is 20.2 Å².